The molecule has 1 N–H and O–H groups in total. The fraction of sp³-hybridized carbons (Fsp3) is 0.316. The average molecular weight is 372 g/mol. The van der Waals surface area contributed by atoms with Crippen molar-refractivity contribution >= 4 is 29.0 Å². The zero-order chi connectivity index (χ0) is 18.5. The molecule has 0 bridgehead atoms. The van der Waals surface area contributed by atoms with Crippen LogP contribution in [0.2, 0.25) is 0 Å². The van der Waals surface area contributed by atoms with E-state index in [9.17, 15) is 14.9 Å². The Morgan fingerprint density at radius 3 is 2.50 bits per heavy atom. The van der Waals surface area contributed by atoms with E-state index in [1.807, 2.05) is 6.26 Å². The first-order chi connectivity index (χ1) is 12.6. The molecular weight excluding hydrogens is 352 g/mol. The Morgan fingerprint density at radius 2 is 1.88 bits per heavy atom. The van der Waals surface area contributed by atoms with Crippen LogP contribution in [0.5, 0.6) is 5.75 Å². The van der Waals surface area contributed by atoms with E-state index in [0.717, 1.165) is 23.5 Å². The van der Waals surface area contributed by atoms with E-state index in [-0.39, 0.29) is 17.4 Å². The number of hydrogen-bond donors (Lipinski definition) is 1. The van der Waals surface area contributed by atoms with Crippen LogP contribution in [0.25, 0.3) is 0 Å². The van der Waals surface area contributed by atoms with Gasteiger partial charge < -0.3 is 10.1 Å². The second-order valence-corrected chi connectivity index (χ2v) is 7.02. The Morgan fingerprint density at radius 1 is 1.19 bits per heavy atom. The summed E-state index contributed by atoms with van der Waals surface area (Å²) in [6.07, 6.45) is 6.68. The topological polar surface area (TPSA) is 81.5 Å². The lowest BCUT2D eigenvalue weighted by Crippen LogP contribution is -2.14. The minimum absolute atomic E-state index is 0.0492. The van der Waals surface area contributed by atoms with Crippen molar-refractivity contribution in [3.63, 3.8) is 0 Å². The lowest BCUT2D eigenvalue weighted by molar-refractivity contribution is -0.385. The summed E-state index contributed by atoms with van der Waals surface area (Å²) in [7, 11) is 0. The van der Waals surface area contributed by atoms with Crippen LogP contribution in [0.1, 0.15) is 36.0 Å². The van der Waals surface area contributed by atoms with Crippen LogP contribution in [-0.2, 0) is 0 Å². The fourth-order valence-corrected chi connectivity index (χ4v) is 3.44. The first kappa shape index (κ1) is 18.3. The second kappa shape index (κ2) is 8.23. The van der Waals surface area contributed by atoms with Gasteiger partial charge in [0, 0.05) is 16.6 Å². The van der Waals surface area contributed by atoms with Crippen LogP contribution in [-0.4, -0.2) is 23.2 Å². The van der Waals surface area contributed by atoms with E-state index >= 15 is 0 Å². The molecule has 1 saturated carbocycles. The maximum Gasteiger partial charge on any atom is 0.282 e. The van der Waals surface area contributed by atoms with Gasteiger partial charge >= 0.3 is 0 Å². The van der Waals surface area contributed by atoms with E-state index in [0.29, 0.717) is 5.69 Å². The number of rotatable bonds is 6. The van der Waals surface area contributed by atoms with E-state index in [1.165, 1.54) is 36.7 Å². The van der Waals surface area contributed by atoms with E-state index in [2.05, 4.69) is 5.32 Å². The molecule has 2 aromatic rings. The molecule has 0 atom stereocenters. The number of carbonyl (C=O) groups is 1. The van der Waals surface area contributed by atoms with Crippen LogP contribution >= 0.6 is 11.8 Å². The van der Waals surface area contributed by atoms with Crippen molar-refractivity contribution in [1.82, 2.24) is 0 Å². The zero-order valence-corrected chi connectivity index (χ0v) is 15.3. The molecule has 3 rings (SSSR count). The van der Waals surface area contributed by atoms with Crippen molar-refractivity contribution in [3.05, 3.63) is 58.1 Å². The van der Waals surface area contributed by atoms with E-state index < -0.39 is 10.8 Å². The van der Waals surface area contributed by atoms with Crippen LogP contribution in [0.4, 0.5) is 11.4 Å². The molecule has 0 unspecified atom stereocenters. The first-order valence-electron chi connectivity index (χ1n) is 8.47. The third kappa shape index (κ3) is 4.35. The number of nitro benzene ring substituents is 1. The summed E-state index contributed by atoms with van der Waals surface area (Å²) in [5.74, 6) is 0.266. The fourth-order valence-electron chi connectivity index (χ4n) is 3.00. The summed E-state index contributed by atoms with van der Waals surface area (Å²) in [4.78, 5) is 24.0. The molecule has 0 heterocycles. The smallest absolute Gasteiger partial charge is 0.282 e. The molecule has 0 spiro atoms. The van der Waals surface area contributed by atoms with Crippen molar-refractivity contribution in [2.24, 2.45) is 0 Å². The normalized spacial score (nSPS) is 14.2. The summed E-state index contributed by atoms with van der Waals surface area (Å²) in [6, 6.07) is 11.6. The largest absolute Gasteiger partial charge is 0.490 e. The summed E-state index contributed by atoms with van der Waals surface area (Å²) in [5.41, 5.74) is 0.409. The van der Waals surface area contributed by atoms with Crippen molar-refractivity contribution in [2.45, 2.75) is 36.7 Å². The molecule has 1 fully saturated rings. The van der Waals surface area contributed by atoms with Crippen LogP contribution in [0, 0.1) is 10.1 Å². The van der Waals surface area contributed by atoms with Gasteiger partial charge in [0.25, 0.3) is 11.6 Å². The van der Waals surface area contributed by atoms with Gasteiger partial charge in [0.2, 0.25) is 0 Å². The summed E-state index contributed by atoms with van der Waals surface area (Å²) in [5, 5.41) is 13.9. The number of ether oxygens (including phenoxy) is 1. The van der Waals surface area contributed by atoms with E-state index in [4.69, 9.17) is 4.74 Å². The van der Waals surface area contributed by atoms with Crippen molar-refractivity contribution in [1.29, 1.82) is 0 Å². The van der Waals surface area contributed by atoms with Gasteiger partial charge in [-0.2, -0.15) is 0 Å². The monoisotopic (exact) mass is 372 g/mol. The Labute approximate surface area is 156 Å². The molecule has 1 aliphatic carbocycles. The molecule has 0 saturated heterocycles. The third-order valence-corrected chi connectivity index (χ3v) is 5.09. The molecule has 1 aliphatic rings. The van der Waals surface area contributed by atoms with Gasteiger partial charge in [-0.25, -0.2) is 0 Å². The Hall–Kier alpha value is -2.54. The van der Waals surface area contributed by atoms with Crippen LogP contribution < -0.4 is 10.1 Å². The Balaban J connectivity index is 1.72. The number of hydrogen-bond acceptors (Lipinski definition) is 5. The molecule has 1 amide bonds. The summed E-state index contributed by atoms with van der Waals surface area (Å²) < 4.78 is 5.90. The first-order valence-corrected chi connectivity index (χ1v) is 9.70. The molecule has 7 heteroatoms. The van der Waals surface area contributed by atoms with E-state index in [1.54, 1.807) is 30.3 Å². The molecule has 0 radical (unpaired) electrons. The van der Waals surface area contributed by atoms with Gasteiger partial charge in [-0.15, -0.1) is 11.8 Å². The number of carbonyl (C=O) groups excluding carboxylic acids is 1. The highest BCUT2D eigenvalue weighted by molar-refractivity contribution is 7.98. The minimum atomic E-state index is -0.544. The lowest BCUT2D eigenvalue weighted by atomic mass is 10.1. The predicted octanol–water partition coefficient (Wildman–Crippen LogP) is 4.89. The molecule has 0 aliphatic heterocycles. The highest BCUT2D eigenvalue weighted by Gasteiger charge is 2.21. The minimum Gasteiger partial charge on any atom is -0.490 e. The molecule has 2 aromatic carbocycles. The van der Waals surface area contributed by atoms with Gasteiger partial charge in [-0.3, -0.25) is 14.9 Å². The van der Waals surface area contributed by atoms with Crippen LogP contribution in [0.3, 0.4) is 0 Å². The van der Waals surface area contributed by atoms with Crippen molar-refractivity contribution < 1.29 is 14.5 Å². The SMILES string of the molecule is CSc1ccc([N+](=O)[O-])c(C(=O)Nc2ccc(OC3CCCC3)cc2)c1. The predicted molar refractivity (Wildman–Crippen MR) is 102 cm³/mol. The zero-order valence-electron chi connectivity index (χ0n) is 14.4. The number of benzene rings is 2. The van der Waals surface area contributed by atoms with Crippen molar-refractivity contribution in [2.75, 3.05) is 11.6 Å². The standard InChI is InChI=1S/C19H20N2O4S/c1-26-16-10-11-18(21(23)24)17(12-16)19(22)20-13-6-8-15(9-7-13)25-14-4-2-3-5-14/h6-12,14H,2-5H2,1H3,(H,20,22). The van der Waals surface area contributed by atoms with Gasteiger partial charge in [0.1, 0.15) is 11.3 Å². The maximum atomic E-state index is 12.5. The van der Waals surface area contributed by atoms with Gasteiger partial charge in [0.15, 0.2) is 0 Å². The quantitative estimate of drug-likeness (QED) is 0.443. The van der Waals surface area contributed by atoms with Crippen molar-refractivity contribution in [3.8, 4) is 5.75 Å². The molecule has 0 aromatic heterocycles. The lowest BCUT2D eigenvalue weighted by Gasteiger charge is -2.13. The highest BCUT2D eigenvalue weighted by Crippen LogP contribution is 2.27. The molecular formula is C19H20N2O4S. The van der Waals surface area contributed by atoms with Gasteiger partial charge in [-0.1, -0.05) is 0 Å². The number of anilines is 1. The van der Waals surface area contributed by atoms with Crippen LogP contribution in [0.15, 0.2) is 47.4 Å². The Bertz CT molecular complexity index is 802. The maximum absolute atomic E-state index is 12.5. The molecule has 26 heavy (non-hydrogen) atoms. The second-order valence-electron chi connectivity index (χ2n) is 6.14. The molecule has 6 nitrogen and oxygen atoms in total. The number of nitro groups is 1. The highest BCUT2D eigenvalue weighted by atomic mass is 32.2. The average Bonchev–Trinajstić information content (AvgIpc) is 3.15. The number of nitrogens with zero attached hydrogens (tertiary/aromatic N) is 1. The Kier molecular flexibility index (Phi) is 5.78. The third-order valence-electron chi connectivity index (χ3n) is 4.36. The summed E-state index contributed by atoms with van der Waals surface area (Å²) in [6.45, 7) is 0. The van der Waals surface area contributed by atoms with Gasteiger partial charge in [-0.05, 0) is 68.3 Å². The van der Waals surface area contributed by atoms with Gasteiger partial charge in [0.05, 0.1) is 11.0 Å². The number of thioether (sulfide) groups is 1. The number of nitrogens with one attached hydrogen (secondary N) is 1. The number of amides is 1. The molecule has 136 valence electrons. The summed E-state index contributed by atoms with van der Waals surface area (Å²) >= 11 is 1.42.